The van der Waals surface area contributed by atoms with Crippen molar-refractivity contribution >= 4 is 5.91 Å². The fraction of sp³-hybridized carbons (Fsp3) is 0.371. The predicted molar refractivity (Wildman–Crippen MR) is 162 cm³/mol. The summed E-state index contributed by atoms with van der Waals surface area (Å²) in [6.45, 7) is 5.80. The number of carbonyl (C=O) groups excluding carboxylic acids is 1. The molecule has 1 saturated heterocycles. The minimum Gasteiger partial charge on any atom is -0.348 e. The van der Waals surface area contributed by atoms with Crippen molar-refractivity contribution in [2.24, 2.45) is 11.7 Å². The third-order valence-electron chi connectivity index (χ3n) is 9.07. The number of hydrogen-bond acceptors (Lipinski definition) is 3. The molecule has 4 aromatic rings. The molecule has 1 aliphatic rings. The zero-order chi connectivity index (χ0) is 28.0. The van der Waals surface area contributed by atoms with Crippen LogP contribution in [0.3, 0.4) is 0 Å². The van der Waals surface area contributed by atoms with E-state index in [1.54, 1.807) is 6.33 Å². The molecule has 3 aromatic carbocycles. The Kier molecular flexibility index (Phi) is 8.51. The maximum Gasteiger partial charge on any atom is 0.244 e. The van der Waals surface area contributed by atoms with Crippen molar-refractivity contribution in [3.63, 3.8) is 0 Å². The van der Waals surface area contributed by atoms with E-state index in [1.807, 2.05) is 25.1 Å². The minimum atomic E-state index is -1.24. The molecule has 0 spiro atoms. The van der Waals surface area contributed by atoms with Crippen molar-refractivity contribution in [3.8, 4) is 0 Å². The summed E-state index contributed by atoms with van der Waals surface area (Å²) in [5.74, 6) is 0.707. The van der Waals surface area contributed by atoms with E-state index in [1.165, 1.54) is 0 Å². The second-order valence-electron chi connectivity index (χ2n) is 11.3. The van der Waals surface area contributed by atoms with Gasteiger partial charge in [0.2, 0.25) is 5.91 Å². The first-order valence-corrected chi connectivity index (χ1v) is 14.7. The number of carbonyl (C=O) groups is 1. The molecule has 3 N–H and O–H groups in total. The number of aromatic nitrogens is 2. The molecule has 5 nitrogen and oxygen atoms in total. The van der Waals surface area contributed by atoms with Crippen LogP contribution in [0.2, 0.25) is 0 Å². The molecule has 40 heavy (non-hydrogen) atoms. The summed E-state index contributed by atoms with van der Waals surface area (Å²) in [6.07, 6.45) is 6.97. The van der Waals surface area contributed by atoms with Gasteiger partial charge in [-0.25, -0.2) is 4.98 Å². The number of nitrogens with one attached hydrogen (secondary N) is 1. The highest BCUT2D eigenvalue weighted by atomic mass is 16.2. The van der Waals surface area contributed by atoms with Crippen LogP contribution in [-0.2, 0) is 16.6 Å². The van der Waals surface area contributed by atoms with Gasteiger partial charge in [0.1, 0.15) is 5.54 Å². The van der Waals surface area contributed by atoms with Gasteiger partial charge >= 0.3 is 0 Å². The van der Waals surface area contributed by atoms with E-state index in [4.69, 9.17) is 5.73 Å². The highest BCUT2D eigenvalue weighted by Gasteiger charge is 2.57. The fourth-order valence-electron chi connectivity index (χ4n) is 6.79. The first-order chi connectivity index (χ1) is 19.5. The Morgan fingerprint density at radius 2 is 1.40 bits per heavy atom. The summed E-state index contributed by atoms with van der Waals surface area (Å²) in [5.41, 5.74) is 10.8. The molecule has 0 aliphatic carbocycles. The van der Waals surface area contributed by atoms with Gasteiger partial charge in [0.25, 0.3) is 0 Å². The number of rotatable bonds is 10. The van der Waals surface area contributed by atoms with Gasteiger partial charge in [0.05, 0.1) is 17.4 Å². The molecule has 5 rings (SSSR count). The summed E-state index contributed by atoms with van der Waals surface area (Å²) >= 11 is 0. The largest absolute Gasteiger partial charge is 0.348 e. The van der Waals surface area contributed by atoms with Gasteiger partial charge in [-0.3, -0.25) is 4.79 Å². The molecule has 1 unspecified atom stereocenters. The number of aromatic amines is 1. The zero-order valence-electron chi connectivity index (χ0n) is 23.9. The number of imidazole rings is 1. The Labute approximate surface area is 238 Å². The molecular formula is C35H42N4O. The number of nitrogens with zero attached hydrogens (tertiary/aromatic N) is 2. The van der Waals surface area contributed by atoms with E-state index in [2.05, 4.69) is 94.6 Å². The average molecular weight is 535 g/mol. The normalized spacial score (nSPS) is 16.0. The molecule has 0 radical (unpaired) electrons. The van der Waals surface area contributed by atoms with E-state index in [0.29, 0.717) is 12.3 Å². The summed E-state index contributed by atoms with van der Waals surface area (Å²) in [4.78, 5) is 24.8. The maximum absolute atomic E-state index is 15.0. The molecule has 1 aliphatic heterocycles. The van der Waals surface area contributed by atoms with Gasteiger partial charge in [-0.15, -0.1) is 0 Å². The van der Waals surface area contributed by atoms with Crippen molar-refractivity contribution in [1.82, 2.24) is 14.9 Å². The van der Waals surface area contributed by atoms with E-state index in [9.17, 15) is 0 Å². The van der Waals surface area contributed by atoms with Gasteiger partial charge in [0.15, 0.2) is 0 Å². The number of likely N-dealkylation sites (tertiary alicyclic amines) is 1. The third kappa shape index (κ3) is 5.11. The summed E-state index contributed by atoms with van der Waals surface area (Å²) in [6, 6.07) is 31.2. The third-order valence-corrected chi connectivity index (χ3v) is 9.07. The molecule has 1 fully saturated rings. The number of nitrogens with two attached hydrogens (primary N) is 1. The maximum atomic E-state index is 15.0. The molecule has 1 aromatic heterocycles. The second-order valence-corrected chi connectivity index (χ2v) is 11.3. The van der Waals surface area contributed by atoms with Crippen LogP contribution in [0, 0.1) is 12.8 Å². The minimum absolute atomic E-state index is 0.0392. The second kappa shape index (κ2) is 12.2. The molecule has 2 heterocycles. The van der Waals surface area contributed by atoms with Crippen molar-refractivity contribution < 1.29 is 4.79 Å². The lowest BCUT2D eigenvalue weighted by molar-refractivity contribution is -0.140. The number of amides is 1. The van der Waals surface area contributed by atoms with Crippen LogP contribution in [0.5, 0.6) is 0 Å². The van der Waals surface area contributed by atoms with E-state index in [-0.39, 0.29) is 5.91 Å². The standard InChI is InChI=1S/C35H42N4O/c1-3-28-21-24-39(25-22-28)33(40)34(36,23-13-20-32-27(2)37-26-38-32)35(29-14-7-4-8-15-29,30-16-9-5-10-17-30)31-18-11-6-12-19-31/h4-12,14-19,26,28H,3,13,20-25,36H2,1-2H3,(H,37,38). The lowest BCUT2D eigenvalue weighted by Crippen LogP contribution is -2.68. The first-order valence-electron chi connectivity index (χ1n) is 14.7. The fourth-order valence-corrected chi connectivity index (χ4v) is 6.79. The Morgan fingerprint density at radius 3 is 1.82 bits per heavy atom. The quantitative estimate of drug-likeness (QED) is 0.231. The predicted octanol–water partition coefficient (Wildman–Crippen LogP) is 6.42. The summed E-state index contributed by atoms with van der Waals surface area (Å²) < 4.78 is 0. The van der Waals surface area contributed by atoms with Crippen molar-refractivity contribution in [2.45, 2.75) is 63.3 Å². The van der Waals surface area contributed by atoms with Crippen LogP contribution >= 0.6 is 0 Å². The molecule has 1 amide bonds. The van der Waals surface area contributed by atoms with Gasteiger partial charge < -0.3 is 15.6 Å². The Morgan fingerprint density at radius 1 is 0.900 bits per heavy atom. The summed E-state index contributed by atoms with van der Waals surface area (Å²) in [5, 5.41) is 0. The Bertz CT molecular complexity index is 1260. The van der Waals surface area contributed by atoms with Crippen LogP contribution in [0.1, 0.15) is 67.1 Å². The molecule has 5 heteroatoms. The molecular weight excluding hydrogens is 492 g/mol. The highest BCUT2D eigenvalue weighted by molar-refractivity contribution is 5.91. The van der Waals surface area contributed by atoms with Gasteiger partial charge in [0, 0.05) is 18.8 Å². The van der Waals surface area contributed by atoms with Gasteiger partial charge in [-0.05, 0) is 61.6 Å². The lowest BCUT2D eigenvalue weighted by atomic mass is 9.56. The SMILES string of the molecule is CCC1CCN(C(=O)C(N)(CCCc2nc[nH]c2C)C(c2ccccc2)(c2ccccc2)c2ccccc2)CC1. The zero-order valence-corrected chi connectivity index (χ0v) is 23.9. The Hall–Kier alpha value is -3.70. The smallest absolute Gasteiger partial charge is 0.244 e. The number of hydrogen-bond donors (Lipinski definition) is 2. The first kappa shape index (κ1) is 27.9. The van der Waals surface area contributed by atoms with Crippen molar-refractivity contribution in [2.75, 3.05) is 13.1 Å². The monoisotopic (exact) mass is 534 g/mol. The van der Waals surface area contributed by atoms with E-state index < -0.39 is 11.0 Å². The van der Waals surface area contributed by atoms with E-state index >= 15 is 4.79 Å². The summed E-state index contributed by atoms with van der Waals surface area (Å²) in [7, 11) is 0. The van der Waals surface area contributed by atoms with Crippen LogP contribution in [0.15, 0.2) is 97.3 Å². The molecule has 208 valence electrons. The van der Waals surface area contributed by atoms with Crippen LogP contribution in [0.25, 0.3) is 0 Å². The average Bonchev–Trinajstić information content (AvgIpc) is 3.43. The van der Waals surface area contributed by atoms with Crippen LogP contribution < -0.4 is 5.73 Å². The van der Waals surface area contributed by atoms with E-state index in [0.717, 1.165) is 73.3 Å². The molecule has 1 atom stereocenters. The molecule has 0 bridgehead atoms. The topological polar surface area (TPSA) is 75.0 Å². The highest BCUT2D eigenvalue weighted by Crippen LogP contribution is 2.49. The van der Waals surface area contributed by atoms with Crippen LogP contribution in [-0.4, -0.2) is 39.4 Å². The van der Waals surface area contributed by atoms with Gasteiger partial charge in [-0.1, -0.05) is 104 Å². The van der Waals surface area contributed by atoms with Crippen molar-refractivity contribution in [1.29, 1.82) is 0 Å². The van der Waals surface area contributed by atoms with Crippen molar-refractivity contribution in [3.05, 3.63) is 125 Å². The lowest BCUT2D eigenvalue weighted by Gasteiger charge is -2.51. The number of piperidine rings is 1. The van der Waals surface area contributed by atoms with Crippen LogP contribution in [0.4, 0.5) is 0 Å². The number of H-pyrrole nitrogens is 1. The number of benzene rings is 3. The Balaban J connectivity index is 1.70. The number of aryl methyl sites for hydroxylation is 2. The molecule has 0 saturated carbocycles. The van der Waals surface area contributed by atoms with Gasteiger partial charge in [-0.2, -0.15) is 0 Å².